The smallest absolute Gasteiger partial charge is 0.257 e. The van der Waals surface area contributed by atoms with Crippen LogP contribution in [0.2, 0.25) is 0 Å². The van der Waals surface area contributed by atoms with Crippen molar-refractivity contribution in [2.75, 3.05) is 13.1 Å². The lowest BCUT2D eigenvalue weighted by atomic mass is 10.1. The molecule has 3 N–H and O–H groups in total. The standard InChI is InChI=1S/C18H15F2N3O2/c19-13-2-1-3-14(20)16(13)18(25)23-9-8-22-17(24)12-5-4-11-6-7-21-15(11)10-12/h1-7,10,21H,8-9H2,(H,22,24)(H,23,25). The van der Waals surface area contributed by atoms with Crippen LogP contribution in [0.1, 0.15) is 20.7 Å². The highest BCUT2D eigenvalue weighted by Crippen LogP contribution is 2.14. The SMILES string of the molecule is O=C(NCCNC(=O)c1c(F)cccc1F)c1ccc2cc[nH]c2c1. The predicted octanol–water partition coefficient (Wildman–Crippen LogP) is 2.61. The molecule has 1 aromatic heterocycles. The van der Waals surface area contributed by atoms with E-state index in [4.69, 9.17) is 0 Å². The van der Waals surface area contributed by atoms with Gasteiger partial charge in [-0.2, -0.15) is 0 Å². The molecular weight excluding hydrogens is 328 g/mol. The van der Waals surface area contributed by atoms with Crippen molar-refractivity contribution >= 4 is 22.7 Å². The Kier molecular flexibility index (Phi) is 4.74. The number of hydrogen-bond donors (Lipinski definition) is 3. The molecule has 2 aromatic carbocycles. The first-order valence-electron chi connectivity index (χ1n) is 7.64. The molecule has 0 aliphatic rings. The first kappa shape index (κ1) is 16.6. The Labute approximate surface area is 142 Å². The van der Waals surface area contributed by atoms with Gasteiger partial charge in [-0.1, -0.05) is 12.1 Å². The van der Waals surface area contributed by atoms with Crippen molar-refractivity contribution in [3.63, 3.8) is 0 Å². The lowest BCUT2D eigenvalue weighted by molar-refractivity contribution is 0.0923. The molecule has 0 spiro atoms. The fourth-order valence-electron chi connectivity index (χ4n) is 2.45. The number of fused-ring (bicyclic) bond motifs is 1. The van der Waals surface area contributed by atoms with E-state index in [1.807, 2.05) is 12.1 Å². The summed E-state index contributed by atoms with van der Waals surface area (Å²) >= 11 is 0. The third-order valence-electron chi connectivity index (χ3n) is 3.70. The van der Waals surface area contributed by atoms with Gasteiger partial charge >= 0.3 is 0 Å². The third kappa shape index (κ3) is 3.65. The predicted molar refractivity (Wildman–Crippen MR) is 89.3 cm³/mol. The quantitative estimate of drug-likeness (QED) is 0.623. The summed E-state index contributed by atoms with van der Waals surface area (Å²) in [5, 5.41) is 6.01. The molecule has 128 valence electrons. The molecular formula is C18H15F2N3O2. The Morgan fingerprint density at radius 3 is 2.32 bits per heavy atom. The number of H-pyrrole nitrogens is 1. The second kappa shape index (κ2) is 7.12. The zero-order valence-corrected chi connectivity index (χ0v) is 13.1. The van der Waals surface area contributed by atoms with Crippen LogP contribution in [0.3, 0.4) is 0 Å². The number of aromatic amines is 1. The van der Waals surface area contributed by atoms with Gasteiger partial charge in [0.25, 0.3) is 11.8 Å². The zero-order chi connectivity index (χ0) is 17.8. The lowest BCUT2D eigenvalue weighted by Crippen LogP contribution is -2.35. The Hall–Kier alpha value is -3.22. The molecule has 2 amide bonds. The van der Waals surface area contributed by atoms with Gasteiger partial charge < -0.3 is 15.6 Å². The molecule has 0 unspecified atom stereocenters. The molecule has 1 heterocycles. The van der Waals surface area contributed by atoms with Crippen LogP contribution < -0.4 is 10.6 Å². The molecule has 3 aromatic rings. The normalized spacial score (nSPS) is 10.6. The molecule has 3 rings (SSSR count). The summed E-state index contributed by atoms with van der Waals surface area (Å²) in [6.45, 7) is 0.173. The fourth-order valence-corrected chi connectivity index (χ4v) is 2.45. The number of carbonyl (C=O) groups excluding carboxylic acids is 2. The minimum atomic E-state index is -0.930. The molecule has 0 atom stereocenters. The largest absolute Gasteiger partial charge is 0.361 e. The maximum absolute atomic E-state index is 13.5. The summed E-state index contributed by atoms with van der Waals surface area (Å²) in [6, 6.07) is 10.3. The zero-order valence-electron chi connectivity index (χ0n) is 13.1. The van der Waals surface area contributed by atoms with Crippen molar-refractivity contribution in [3.8, 4) is 0 Å². The van der Waals surface area contributed by atoms with E-state index in [0.29, 0.717) is 5.56 Å². The van der Waals surface area contributed by atoms with Crippen molar-refractivity contribution in [1.29, 1.82) is 0 Å². The average molecular weight is 343 g/mol. The molecule has 0 aliphatic heterocycles. The van der Waals surface area contributed by atoms with E-state index in [2.05, 4.69) is 15.6 Å². The Balaban J connectivity index is 1.52. The van der Waals surface area contributed by atoms with Crippen molar-refractivity contribution in [2.24, 2.45) is 0 Å². The number of benzene rings is 2. The number of carbonyl (C=O) groups is 2. The van der Waals surface area contributed by atoms with Crippen LogP contribution >= 0.6 is 0 Å². The molecule has 7 heteroatoms. The maximum Gasteiger partial charge on any atom is 0.257 e. The van der Waals surface area contributed by atoms with Crippen LogP contribution in [-0.2, 0) is 0 Å². The summed E-state index contributed by atoms with van der Waals surface area (Å²) < 4.78 is 27.0. The van der Waals surface area contributed by atoms with E-state index in [0.717, 1.165) is 23.0 Å². The summed E-state index contributed by atoms with van der Waals surface area (Å²) in [6.07, 6.45) is 1.78. The Bertz CT molecular complexity index is 917. The number of amides is 2. The van der Waals surface area contributed by atoms with Gasteiger partial charge in [0, 0.05) is 30.4 Å². The molecule has 25 heavy (non-hydrogen) atoms. The molecule has 0 radical (unpaired) electrons. The molecule has 0 bridgehead atoms. The third-order valence-corrected chi connectivity index (χ3v) is 3.70. The van der Waals surface area contributed by atoms with Crippen molar-refractivity contribution in [2.45, 2.75) is 0 Å². The van der Waals surface area contributed by atoms with Gasteiger partial charge in [-0.05, 0) is 35.7 Å². The monoisotopic (exact) mass is 343 g/mol. The van der Waals surface area contributed by atoms with Gasteiger partial charge in [-0.3, -0.25) is 9.59 Å². The summed E-state index contributed by atoms with van der Waals surface area (Å²) in [5.74, 6) is -3.03. The number of rotatable bonds is 5. The Morgan fingerprint density at radius 2 is 1.60 bits per heavy atom. The van der Waals surface area contributed by atoms with Crippen LogP contribution in [0.15, 0.2) is 48.7 Å². The van der Waals surface area contributed by atoms with E-state index in [9.17, 15) is 18.4 Å². The van der Waals surface area contributed by atoms with Crippen molar-refractivity contribution in [1.82, 2.24) is 15.6 Å². The van der Waals surface area contributed by atoms with E-state index in [-0.39, 0.29) is 19.0 Å². The molecule has 0 fully saturated rings. The second-order valence-electron chi connectivity index (χ2n) is 5.39. The van der Waals surface area contributed by atoms with Gasteiger partial charge in [0.2, 0.25) is 0 Å². The van der Waals surface area contributed by atoms with Crippen LogP contribution in [-0.4, -0.2) is 29.9 Å². The molecule has 5 nitrogen and oxygen atoms in total. The van der Waals surface area contributed by atoms with E-state index < -0.39 is 23.1 Å². The van der Waals surface area contributed by atoms with Crippen molar-refractivity contribution in [3.05, 3.63) is 71.4 Å². The highest BCUT2D eigenvalue weighted by Gasteiger charge is 2.16. The van der Waals surface area contributed by atoms with E-state index in [1.54, 1.807) is 18.3 Å². The average Bonchev–Trinajstić information content (AvgIpc) is 3.06. The number of nitrogens with one attached hydrogen (secondary N) is 3. The van der Waals surface area contributed by atoms with Gasteiger partial charge in [0.15, 0.2) is 0 Å². The van der Waals surface area contributed by atoms with E-state index >= 15 is 0 Å². The minimum Gasteiger partial charge on any atom is -0.361 e. The fraction of sp³-hybridized carbons (Fsp3) is 0.111. The number of halogens is 2. The summed E-state index contributed by atoms with van der Waals surface area (Å²) in [4.78, 5) is 26.9. The maximum atomic E-state index is 13.5. The first-order chi connectivity index (χ1) is 12.1. The van der Waals surface area contributed by atoms with Gasteiger partial charge in [0.05, 0.1) is 0 Å². The van der Waals surface area contributed by atoms with Crippen LogP contribution in [0.25, 0.3) is 10.9 Å². The summed E-state index contributed by atoms with van der Waals surface area (Å²) in [5.41, 5.74) is 0.684. The second-order valence-corrected chi connectivity index (χ2v) is 5.39. The number of hydrogen-bond acceptors (Lipinski definition) is 2. The van der Waals surface area contributed by atoms with Gasteiger partial charge in [0.1, 0.15) is 17.2 Å². The minimum absolute atomic E-state index is 0.0447. The van der Waals surface area contributed by atoms with Gasteiger partial charge in [-0.15, -0.1) is 0 Å². The van der Waals surface area contributed by atoms with E-state index in [1.165, 1.54) is 6.07 Å². The molecule has 0 saturated carbocycles. The highest BCUT2D eigenvalue weighted by atomic mass is 19.1. The van der Waals surface area contributed by atoms with Crippen molar-refractivity contribution < 1.29 is 18.4 Å². The van der Waals surface area contributed by atoms with Crippen LogP contribution in [0.4, 0.5) is 8.78 Å². The van der Waals surface area contributed by atoms with Crippen LogP contribution in [0, 0.1) is 11.6 Å². The summed E-state index contributed by atoms with van der Waals surface area (Å²) in [7, 11) is 0. The van der Waals surface area contributed by atoms with Crippen LogP contribution in [0.5, 0.6) is 0 Å². The van der Waals surface area contributed by atoms with Gasteiger partial charge in [-0.25, -0.2) is 8.78 Å². The molecule has 0 aliphatic carbocycles. The highest BCUT2D eigenvalue weighted by molar-refractivity contribution is 5.98. The Morgan fingerprint density at radius 1 is 0.920 bits per heavy atom. The number of aromatic nitrogens is 1. The first-order valence-corrected chi connectivity index (χ1v) is 7.64. The lowest BCUT2D eigenvalue weighted by Gasteiger charge is -2.08. The molecule has 0 saturated heterocycles. The topological polar surface area (TPSA) is 74.0 Å².